The first kappa shape index (κ1) is 13.3. The largest absolute Gasteiger partial charge is 0.353 e. The highest BCUT2D eigenvalue weighted by molar-refractivity contribution is 5.41. The van der Waals surface area contributed by atoms with E-state index < -0.39 is 0 Å². The predicted molar refractivity (Wildman–Crippen MR) is 75.8 cm³/mol. The summed E-state index contributed by atoms with van der Waals surface area (Å²) in [6, 6.07) is 4.75. The molecule has 2 heterocycles. The lowest BCUT2D eigenvalue weighted by molar-refractivity contribution is 0.337. The summed E-state index contributed by atoms with van der Waals surface area (Å²) in [6.07, 6.45) is 3.10. The lowest BCUT2D eigenvalue weighted by Gasteiger charge is -2.29. The standard InChI is InChI=1S/C14H24N4/c1-11-10-17(3)7-4-8-18(11)14-6-5-13(9-16-14)12(2)15/h5-6,9,11-12H,4,7-8,10,15H2,1-3H3. The van der Waals surface area contributed by atoms with E-state index in [-0.39, 0.29) is 6.04 Å². The number of hydrogen-bond acceptors (Lipinski definition) is 4. The molecular weight excluding hydrogens is 224 g/mol. The lowest BCUT2D eigenvalue weighted by Crippen LogP contribution is -2.38. The number of rotatable bonds is 2. The van der Waals surface area contributed by atoms with Gasteiger partial charge in [0.05, 0.1) is 0 Å². The number of nitrogens with two attached hydrogens (primary N) is 1. The van der Waals surface area contributed by atoms with Gasteiger partial charge in [-0.25, -0.2) is 4.98 Å². The van der Waals surface area contributed by atoms with Crippen LogP contribution >= 0.6 is 0 Å². The van der Waals surface area contributed by atoms with Gasteiger partial charge in [-0.3, -0.25) is 0 Å². The van der Waals surface area contributed by atoms with Crippen LogP contribution in [0.25, 0.3) is 0 Å². The number of aromatic nitrogens is 1. The van der Waals surface area contributed by atoms with Crippen molar-refractivity contribution >= 4 is 5.82 Å². The molecule has 0 aromatic carbocycles. The highest BCUT2D eigenvalue weighted by Crippen LogP contribution is 2.19. The van der Waals surface area contributed by atoms with Crippen molar-refractivity contribution in [2.24, 2.45) is 5.73 Å². The first-order valence-electron chi connectivity index (χ1n) is 6.74. The minimum absolute atomic E-state index is 0.0549. The number of anilines is 1. The van der Waals surface area contributed by atoms with Crippen LogP contribution in [-0.2, 0) is 0 Å². The normalized spacial score (nSPS) is 23.8. The monoisotopic (exact) mass is 248 g/mol. The minimum atomic E-state index is 0.0549. The quantitative estimate of drug-likeness (QED) is 0.864. The molecule has 0 spiro atoms. The van der Waals surface area contributed by atoms with E-state index in [4.69, 9.17) is 5.73 Å². The Morgan fingerprint density at radius 2 is 2.17 bits per heavy atom. The van der Waals surface area contributed by atoms with Gasteiger partial charge in [0, 0.05) is 31.4 Å². The molecule has 4 heteroatoms. The number of pyridine rings is 1. The van der Waals surface area contributed by atoms with Gasteiger partial charge >= 0.3 is 0 Å². The summed E-state index contributed by atoms with van der Waals surface area (Å²) in [4.78, 5) is 9.36. The molecule has 1 aromatic rings. The van der Waals surface area contributed by atoms with Crippen molar-refractivity contribution in [1.82, 2.24) is 9.88 Å². The number of hydrogen-bond donors (Lipinski definition) is 1. The van der Waals surface area contributed by atoms with Crippen LogP contribution in [0.15, 0.2) is 18.3 Å². The number of likely N-dealkylation sites (N-methyl/N-ethyl adjacent to an activating group) is 1. The van der Waals surface area contributed by atoms with Gasteiger partial charge in [0.2, 0.25) is 0 Å². The summed E-state index contributed by atoms with van der Waals surface area (Å²) in [5.41, 5.74) is 6.95. The van der Waals surface area contributed by atoms with Crippen LogP contribution in [-0.4, -0.2) is 42.6 Å². The van der Waals surface area contributed by atoms with Gasteiger partial charge in [-0.1, -0.05) is 6.07 Å². The maximum Gasteiger partial charge on any atom is 0.128 e. The third-order valence-corrected chi connectivity index (χ3v) is 3.64. The van der Waals surface area contributed by atoms with E-state index >= 15 is 0 Å². The third kappa shape index (κ3) is 3.00. The summed E-state index contributed by atoms with van der Waals surface area (Å²) >= 11 is 0. The Labute approximate surface area is 110 Å². The van der Waals surface area contributed by atoms with Gasteiger partial charge in [0.1, 0.15) is 5.82 Å². The fraction of sp³-hybridized carbons (Fsp3) is 0.643. The molecule has 2 unspecified atom stereocenters. The second kappa shape index (κ2) is 5.67. The molecular formula is C14H24N4. The molecule has 0 amide bonds. The summed E-state index contributed by atoms with van der Waals surface area (Å²) in [6.45, 7) is 7.59. The second-order valence-corrected chi connectivity index (χ2v) is 5.40. The molecule has 2 N–H and O–H groups in total. The van der Waals surface area contributed by atoms with Crippen LogP contribution in [0.2, 0.25) is 0 Å². The highest BCUT2D eigenvalue weighted by Gasteiger charge is 2.20. The smallest absolute Gasteiger partial charge is 0.128 e. The van der Waals surface area contributed by atoms with Gasteiger partial charge in [-0.15, -0.1) is 0 Å². The van der Waals surface area contributed by atoms with Crippen LogP contribution < -0.4 is 10.6 Å². The SMILES string of the molecule is CC(N)c1ccc(N2CCCN(C)CC2C)nc1. The van der Waals surface area contributed by atoms with E-state index in [1.807, 2.05) is 13.1 Å². The van der Waals surface area contributed by atoms with Gasteiger partial charge < -0.3 is 15.5 Å². The fourth-order valence-electron chi connectivity index (χ4n) is 2.55. The summed E-state index contributed by atoms with van der Waals surface area (Å²) < 4.78 is 0. The Morgan fingerprint density at radius 3 is 2.78 bits per heavy atom. The van der Waals surface area contributed by atoms with Crippen LogP contribution in [0.4, 0.5) is 5.82 Å². The van der Waals surface area contributed by atoms with E-state index in [1.54, 1.807) is 0 Å². The average molecular weight is 248 g/mol. The van der Waals surface area contributed by atoms with Gasteiger partial charge in [0.15, 0.2) is 0 Å². The van der Waals surface area contributed by atoms with Crippen LogP contribution in [0, 0.1) is 0 Å². The Morgan fingerprint density at radius 1 is 1.39 bits per heavy atom. The topological polar surface area (TPSA) is 45.4 Å². The van der Waals surface area contributed by atoms with Crippen molar-refractivity contribution in [3.8, 4) is 0 Å². The number of nitrogens with zero attached hydrogens (tertiary/aromatic N) is 3. The van der Waals surface area contributed by atoms with Crippen molar-refractivity contribution in [3.05, 3.63) is 23.9 Å². The Hall–Kier alpha value is -1.13. The van der Waals surface area contributed by atoms with Crippen molar-refractivity contribution in [2.75, 3.05) is 31.6 Å². The molecule has 1 fully saturated rings. The van der Waals surface area contributed by atoms with E-state index in [9.17, 15) is 0 Å². The van der Waals surface area contributed by atoms with Gasteiger partial charge in [0.25, 0.3) is 0 Å². The lowest BCUT2D eigenvalue weighted by atomic mass is 10.1. The molecule has 0 aliphatic carbocycles. The van der Waals surface area contributed by atoms with Crippen LogP contribution in [0.5, 0.6) is 0 Å². The average Bonchev–Trinajstić information content (AvgIpc) is 2.50. The predicted octanol–water partition coefficient (Wildman–Crippen LogP) is 1.63. The van der Waals surface area contributed by atoms with Crippen LogP contribution in [0.3, 0.4) is 0 Å². The molecule has 2 atom stereocenters. The summed E-state index contributed by atoms with van der Waals surface area (Å²) in [5, 5.41) is 0. The Bertz CT molecular complexity index is 374. The van der Waals surface area contributed by atoms with E-state index in [0.29, 0.717) is 6.04 Å². The zero-order chi connectivity index (χ0) is 13.1. The van der Waals surface area contributed by atoms with Crippen molar-refractivity contribution in [2.45, 2.75) is 32.4 Å². The maximum atomic E-state index is 5.85. The highest BCUT2D eigenvalue weighted by atomic mass is 15.3. The van der Waals surface area contributed by atoms with Crippen LogP contribution in [0.1, 0.15) is 31.9 Å². The zero-order valence-electron chi connectivity index (χ0n) is 11.6. The molecule has 2 rings (SSSR count). The zero-order valence-corrected chi connectivity index (χ0v) is 11.6. The van der Waals surface area contributed by atoms with Crippen molar-refractivity contribution in [3.63, 3.8) is 0 Å². The first-order chi connectivity index (χ1) is 8.58. The van der Waals surface area contributed by atoms with Crippen molar-refractivity contribution in [1.29, 1.82) is 0 Å². The molecule has 1 aliphatic rings. The molecule has 100 valence electrons. The summed E-state index contributed by atoms with van der Waals surface area (Å²) in [5.74, 6) is 1.07. The van der Waals surface area contributed by atoms with E-state index in [1.165, 1.54) is 13.0 Å². The van der Waals surface area contributed by atoms with Crippen molar-refractivity contribution < 1.29 is 0 Å². The maximum absolute atomic E-state index is 5.85. The first-order valence-corrected chi connectivity index (χ1v) is 6.74. The molecule has 18 heavy (non-hydrogen) atoms. The molecule has 4 nitrogen and oxygen atoms in total. The van der Waals surface area contributed by atoms with E-state index in [0.717, 1.165) is 24.5 Å². The molecule has 1 aromatic heterocycles. The Balaban J connectivity index is 2.14. The second-order valence-electron chi connectivity index (χ2n) is 5.40. The minimum Gasteiger partial charge on any atom is -0.353 e. The molecule has 1 aliphatic heterocycles. The molecule has 1 saturated heterocycles. The molecule has 0 bridgehead atoms. The van der Waals surface area contributed by atoms with E-state index in [2.05, 4.69) is 40.9 Å². The van der Waals surface area contributed by atoms with Gasteiger partial charge in [-0.05, 0) is 45.5 Å². The molecule has 0 radical (unpaired) electrons. The Kier molecular flexibility index (Phi) is 4.19. The van der Waals surface area contributed by atoms with Gasteiger partial charge in [-0.2, -0.15) is 0 Å². The fourth-order valence-corrected chi connectivity index (χ4v) is 2.55. The molecule has 0 saturated carbocycles. The third-order valence-electron chi connectivity index (χ3n) is 3.64. The summed E-state index contributed by atoms with van der Waals surface area (Å²) in [7, 11) is 2.19.